The normalized spacial score (nSPS) is 13.2. The molecule has 0 saturated heterocycles. The van der Waals surface area contributed by atoms with E-state index < -0.39 is 5.41 Å². The second kappa shape index (κ2) is 11.3. The molecule has 45 heavy (non-hydrogen) atoms. The second-order valence-electron chi connectivity index (χ2n) is 12.9. The van der Waals surface area contributed by atoms with E-state index >= 15 is 0 Å². The average molecular weight is 582 g/mol. The summed E-state index contributed by atoms with van der Waals surface area (Å²) in [6, 6.07) is 49.8. The van der Waals surface area contributed by atoms with Gasteiger partial charge >= 0.3 is 6.85 Å². The quantitative estimate of drug-likeness (QED) is 0.184. The van der Waals surface area contributed by atoms with Gasteiger partial charge in [-0.1, -0.05) is 155 Å². The van der Waals surface area contributed by atoms with Crippen LogP contribution in [-0.2, 0) is 5.41 Å². The Morgan fingerprint density at radius 1 is 0.422 bits per heavy atom. The van der Waals surface area contributed by atoms with E-state index in [1.807, 2.05) is 0 Å². The van der Waals surface area contributed by atoms with Crippen molar-refractivity contribution in [2.24, 2.45) is 0 Å². The van der Waals surface area contributed by atoms with Crippen LogP contribution in [0.15, 0.2) is 133 Å². The van der Waals surface area contributed by atoms with Crippen LogP contribution in [0.3, 0.4) is 0 Å². The zero-order chi connectivity index (χ0) is 31.3. The lowest BCUT2D eigenvalue weighted by atomic mass is 9.44. The molecule has 0 atom stereocenters. The van der Waals surface area contributed by atoms with Crippen LogP contribution in [0.5, 0.6) is 0 Å². The first-order valence-corrected chi connectivity index (χ1v) is 16.1. The summed E-state index contributed by atoms with van der Waals surface area (Å²) in [6.07, 6.45) is 0. The van der Waals surface area contributed by atoms with Crippen molar-refractivity contribution in [1.29, 1.82) is 0 Å². The molecule has 0 unspecified atom stereocenters. The Hall–Kier alpha value is -4.82. The van der Waals surface area contributed by atoms with E-state index in [-0.39, 0.29) is 6.85 Å². The highest BCUT2D eigenvalue weighted by Crippen LogP contribution is 2.56. The van der Waals surface area contributed by atoms with E-state index in [1.165, 1.54) is 77.9 Å². The fourth-order valence-corrected chi connectivity index (χ4v) is 8.37. The van der Waals surface area contributed by atoms with Crippen LogP contribution in [0.2, 0.25) is 0 Å². The van der Waals surface area contributed by atoms with Crippen molar-refractivity contribution < 1.29 is 0 Å². The molecule has 1 nitrogen and oxygen atoms in total. The van der Waals surface area contributed by atoms with Gasteiger partial charge in [0.15, 0.2) is 0 Å². The largest absolute Gasteiger partial charge is 0.376 e. The Bertz CT molecular complexity index is 1830. The summed E-state index contributed by atoms with van der Waals surface area (Å²) in [5.74, 6) is 0. The molecular weight excluding hydrogens is 541 g/mol. The predicted molar refractivity (Wildman–Crippen MR) is 193 cm³/mol. The summed E-state index contributed by atoms with van der Waals surface area (Å²) in [4.78, 5) is 2.66. The van der Waals surface area contributed by atoms with Crippen molar-refractivity contribution in [2.75, 3.05) is 4.81 Å². The topological polar surface area (TPSA) is 3.24 Å². The first-order valence-electron chi connectivity index (χ1n) is 16.1. The molecule has 0 radical (unpaired) electrons. The summed E-state index contributed by atoms with van der Waals surface area (Å²) >= 11 is 0. The molecule has 0 aromatic heterocycles. The van der Waals surface area contributed by atoms with E-state index in [1.54, 1.807) is 0 Å². The minimum atomic E-state index is -0.481. The van der Waals surface area contributed by atoms with Gasteiger partial charge in [-0.25, -0.2) is 0 Å². The third kappa shape index (κ3) is 4.54. The summed E-state index contributed by atoms with van der Waals surface area (Å²) < 4.78 is 0. The zero-order valence-electron chi connectivity index (χ0n) is 27.2. The van der Waals surface area contributed by atoms with Gasteiger partial charge in [0.1, 0.15) is 0 Å². The Labute approximate surface area is 269 Å². The Morgan fingerprint density at radius 3 is 1.13 bits per heavy atom. The van der Waals surface area contributed by atoms with Crippen LogP contribution in [0, 0.1) is 41.5 Å². The maximum atomic E-state index is 2.66. The minimum Gasteiger partial charge on any atom is -0.376 e. The molecule has 7 rings (SSSR count). The molecule has 6 aromatic carbocycles. The molecule has 2 heteroatoms. The SMILES string of the molecule is Cc1cc(C)c(B(c2c(C)cc(C)cc2C)N2c3ccccc3C(c3ccccc3)(c3ccccc3)c3ccccc32)c(C)c1. The molecule has 0 bridgehead atoms. The Balaban J connectivity index is 1.64. The predicted octanol–water partition coefficient (Wildman–Crippen LogP) is 9.18. The Morgan fingerprint density at radius 2 is 0.756 bits per heavy atom. The highest BCUT2D eigenvalue weighted by Gasteiger charge is 2.48. The number of fused-ring (bicyclic) bond motifs is 2. The maximum Gasteiger partial charge on any atom is 0.329 e. The average Bonchev–Trinajstić information content (AvgIpc) is 3.03. The van der Waals surface area contributed by atoms with Gasteiger partial charge in [-0.3, -0.25) is 0 Å². The van der Waals surface area contributed by atoms with Crippen LogP contribution in [0.4, 0.5) is 11.4 Å². The van der Waals surface area contributed by atoms with Gasteiger partial charge in [-0.15, -0.1) is 0 Å². The molecule has 0 spiro atoms. The van der Waals surface area contributed by atoms with Gasteiger partial charge in [0.2, 0.25) is 0 Å². The maximum absolute atomic E-state index is 2.66. The third-order valence-electron chi connectivity index (χ3n) is 9.83. The van der Waals surface area contributed by atoms with Crippen molar-refractivity contribution in [1.82, 2.24) is 0 Å². The monoisotopic (exact) mass is 581 g/mol. The summed E-state index contributed by atoms with van der Waals surface area (Å²) in [6.45, 7) is 13.6. The molecule has 0 amide bonds. The van der Waals surface area contributed by atoms with Gasteiger partial charge in [0.05, 0.1) is 5.41 Å². The lowest BCUT2D eigenvalue weighted by Crippen LogP contribution is -2.60. The van der Waals surface area contributed by atoms with Crippen LogP contribution < -0.4 is 15.7 Å². The summed E-state index contributed by atoms with van der Waals surface area (Å²) in [5.41, 5.74) is 17.8. The Kier molecular flexibility index (Phi) is 7.25. The lowest BCUT2D eigenvalue weighted by molar-refractivity contribution is 0.734. The second-order valence-corrected chi connectivity index (χ2v) is 12.9. The standard InChI is InChI=1S/C43H40BN/c1-29-25-31(3)41(32(4)26-29)44(42-33(5)27-30(2)28-34(42)6)45-39-23-15-13-21-37(39)43(35-17-9-7-10-18-35,36-19-11-8-12-20-36)38-22-14-16-24-40(38)45/h7-28H,1-6H3. The van der Waals surface area contributed by atoms with Gasteiger partial charge < -0.3 is 4.81 Å². The van der Waals surface area contributed by atoms with E-state index in [4.69, 9.17) is 0 Å². The minimum absolute atomic E-state index is 0.0157. The van der Waals surface area contributed by atoms with Crippen LogP contribution in [0.1, 0.15) is 55.6 Å². The molecule has 1 heterocycles. The molecule has 0 aliphatic carbocycles. The lowest BCUT2D eigenvalue weighted by Gasteiger charge is -2.49. The molecule has 1 aliphatic heterocycles. The fraction of sp³-hybridized carbons (Fsp3) is 0.163. The van der Waals surface area contributed by atoms with Gasteiger partial charge in [-0.2, -0.15) is 0 Å². The number of nitrogens with zero attached hydrogens (tertiary/aromatic N) is 1. The molecule has 1 aliphatic rings. The van der Waals surface area contributed by atoms with Gasteiger partial charge in [0.25, 0.3) is 0 Å². The van der Waals surface area contributed by atoms with Gasteiger partial charge in [0, 0.05) is 11.4 Å². The van der Waals surface area contributed by atoms with Crippen molar-refractivity contribution in [3.63, 3.8) is 0 Å². The zero-order valence-corrected chi connectivity index (χ0v) is 27.2. The van der Waals surface area contributed by atoms with Crippen molar-refractivity contribution in [3.8, 4) is 0 Å². The number of hydrogen-bond acceptors (Lipinski definition) is 1. The van der Waals surface area contributed by atoms with Crippen molar-refractivity contribution >= 4 is 29.1 Å². The smallest absolute Gasteiger partial charge is 0.329 e. The number of anilines is 2. The highest BCUT2D eigenvalue weighted by atomic mass is 15.1. The van der Waals surface area contributed by atoms with E-state index in [2.05, 4.69) is 180 Å². The van der Waals surface area contributed by atoms with Crippen LogP contribution >= 0.6 is 0 Å². The van der Waals surface area contributed by atoms with E-state index in [0.29, 0.717) is 0 Å². The van der Waals surface area contributed by atoms with Crippen LogP contribution in [0.25, 0.3) is 0 Å². The number of rotatable bonds is 5. The number of hydrogen-bond donors (Lipinski definition) is 0. The fourth-order valence-electron chi connectivity index (χ4n) is 8.37. The molecule has 0 fully saturated rings. The van der Waals surface area contributed by atoms with Crippen LogP contribution in [-0.4, -0.2) is 6.85 Å². The first kappa shape index (κ1) is 28.9. The highest BCUT2D eigenvalue weighted by molar-refractivity contribution is 6.90. The summed E-state index contributed by atoms with van der Waals surface area (Å²) in [5, 5.41) is 0. The number of aryl methyl sites for hydroxylation is 6. The molecule has 0 N–H and O–H groups in total. The number of benzene rings is 6. The van der Waals surface area contributed by atoms with E-state index in [0.717, 1.165) is 0 Å². The summed E-state index contributed by atoms with van der Waals surface area (Å²) in [7, 11) is 0. The van der Waals surface area contributed by atoms with Crippen molar-refractivity contribution in [2.45, 2.75) is 47.0 Å². The van der Waals surface area contributed by atoms with Crippen molar-refractivity contribution in [3.05, 3.63) is 189 Å². The molecule has 6 aromatic rings. The van der Waals surface area contributed by atoms with E-state index in [9.17, 15) is 0 Å². The molecule has 220 valence electrons. The van der Waals surface area contributed by atoms with Gasteiger partial charge in [-0.05, 0) is 86.9 Å². The first-order chi connectivity index (χ1) is 21.8. The molecule has 0 saturated carbocycles. The third-order valence-corrected chi connectivity index (χ3v) is 9.83. The molecular formula is C43H40BN. The number of para-hydroxylation sites is 2.